The highest BCUT2D eigenvalue weighted by atomic mass is 32.2. The molecule has 2 unspecified atom stereocenters. The molecule has 1 N–H and O–H groups in total. The average molecular weight is 346 g/mol. The molecule has 2 atom stereocenters. The van der Waals surface area contributed by atoms with Gasteiger partial charge in [0.2, 0.25) is 0 Å². The van der Waals surface area contributed by atoms with E-state index in [2.05, 4.69) is 11.5 Å². The molecule has 0 aromatic rings. The second-order valence-corrected chi connectivity index (χ2v) is 7.10. The number of ketones is 1. The maximum Gasteiger partial charge on any atom is 0.200 e. The first-order chi connectivity index (χ1) is 11.5. The Kier molecular flexibility index (Phi) is 4.97. The van der Waals surface area contributed by atoms with Gasteiger partial charge in [0.05, 0.1) is 0 Å². The summed E-state index contributed by atoms with van der Waals surface area (Å²) in [6.07, 6.45) is 9.94. The van der Waals surface area contributed by atoms with Gasteiger partial charge in [-0.15, -0.1) is 0 Å². The van der Waals surface area contributed by atoms with E-state index in [1.54, 1.807) is 39.0 Å². The predicted octanol–water partition coefficient (Wildman–Crippen LogP) is 3.27. The van der Waals surface area contributed by atoms with E-state index in [-0.39, 0.29) is 11.7 Å². The van der Waals surface area contributed by atoms with E-state index in [1.165, 1.54) is 0 Å². The molecule has 0 spiro atoms. The summed E-state index contributed by atoms with van der Waals surface area (Å²) in [7, 11) is 3.10. The molecule has 3 aliphatic rings. The summed E-state index contributed by atoms with van der Waals surface area (Å²) in [5.74, 6) is -1.12. The van der Waals surface area contributed by atoms with E-state index in [0.29, 0.717) is 12.8 Å². The van der Waals surface area contributed by atoms with E-state index in [0.717, 1.165) is 21.6 Å². The second-order valence-electron chi connectivity index (χ2n) is 6.15. The third-order valence-electron chi connectivity index (χ3n) is 4.89. The van der Waals surface area contributed by atoms with E-state index in [9.17, 15) is 9.90 Å². The molecule has 0 saturated heterocycles. The molecule has 0 amide bonds. The highest BCUT2D eigenvalue weighted by Gasteiger charge is 2.44. The summed E-state index contributed by atoms with van der Waals surface area (Å²) in [6.45, 7) is 1.67. The highest BCUT2D eigenvalue weighted by molar-refractivity contribution is 8.06. The molecule has 0 radical (unpaired) electrons. The van der Waals surface area contributed by atoms with Gasteiger partial charge >= 0.3 is 0 Å². The number of aliphatic hydroxyl groups excluding tert-OH is 1. The first kappa shape index (κ1) is 17.4. The van der Waals surface area contributed by atoms with E-state index in [4.69, 9.17) is 9.47 Å². The zero-order valence-corrected chi connectivity index (χ0v) is 14.9. The van der Waals surface area contributed by atoms with Crippen molar-refractivity contribution in [2.24, 2.45) is 5.92 Å². The number of allylic oxidation sites excluding steroid dienone is 7. The summed E-state index contributed by atoms with van der Waals surface area (Å²) in [4.78, 5) is 13.1. The number of carbonyl (C=O) groups is 1. The fourth-order valence-corrected chi connectivity index (χ4v) is 4.49. The van der Waals surface area contributed by atoms with Crippen LogP contribution in [-0.2, 0) is 14.3 Å². The van der Waals surface area contributed by atoms with Gasteiger partial charge in [0.1, 0.15) is 6.10 Å². The number of rotatable bonds is 4. The molecular formula is C19H22O4S. The normalized spacial score (nSPS) is 24.8. The zero-order chi connectivity index (χ0) is 17.3. The molecule has 1 aliphatic heterocycles. The van der Waals surface area contributed by atoms with Crippen LogP contribution in [0.1, 0.15) is 19.8 Å². The minimum absolute atomic E-state index is 0.118. The molecule has 1 heterocycles. The number of hydrogen-bond donors (Lipinski definition) is 1. The van der Waals surface area contributed by atoms with Crippen LogP contribution < -0.4 is 0 Å². The van der Waals surface area contributed by atoms with E-state index in [1.807, 2.05) is 18.2 Å². The molecule has 0 saturated carbocycles. The summed E-state index contributed by atoms with van der Waals surface area (Å²) in [6, 6.07) is 0. The van der Waals surface area contributed by atoms with Gasteiger partial charge in [-0.05, 0) is 47.6 Å². The Labute approximate surface area is 146 Å². The van der Waals surface area contributed by atoms with Crippen LogP contribution in [-0.4, -0.2) is 37.0 Å². The van der Waals surface area contributed by atoms with E-state index < -0.39 is 11.9 Å². The zero-order valence-electron chi connectivity index (χ0n) is 14.1. The Morgan fingerprint density at radius 1 is 1.21 bits per heavy atom. The van der Waals surface area contributed by atoms with Crippen LogP contribution >= 0.6 is 11.8 Å². The van der Waals surface area contributed by atoms with Gasteiger partial charge < -0.3 is 14.6 Å². The SMILES string of the molecule is COC(OC)(C(C)O)C1C=CC2=C(C1)C1=C(C=CS2)C=CC(=O)C1. The van der Waals surface area contributed by atoms with Crippen molar-refractivity contribution in [1.29, 1.82) is 0 Å². The van der Waals surface area contributed by atoms with Crippen LogP contribution in [0.25, 0.3) is 0 Å². The van der Waals surface area contributed by atoms with Crippen LogP contribution in [0.2, 0.25) is 0 Å². The van der Waals surface area contributed by atoms with Gasteiger partial charge in [-0.25, -0.2) is 0 Å². The van der Waals surface area contributed by atoms with Crippen molar-refractivity contribution >= 4 is 17.5 Å². The molecule has 24 heavy (non-hydrogen) atoms. The molecule has 4 nitrogen and oxygen atoms in total. The summed E-state index contributed by atoms with van der Waals surface area (Å²) in [5, 5.41) is 12.3. The lowest BCUT2D eigenvalue weighted by Crippen LogP contribution is -2.50. The first-order valence-corrected chi connectivity index (χ1v) is 8.87. The van der Waals surface area contributed by atoms with Crippen molar-refractivity contribution in [2.45, 2.75) is 31.7 Å². The summed E-state index contributed by atoms with van der Waals surface area (Å²) >= 11 is 1.65. The summed E-state index contributed by atoms with van der Waals surface area (Å²) in [5.41, 5.74) is 3.29. The maximum absolute atomic E-state index is 11.9. The second kappa shape index (κ2) is 6.84. The van der Waals surface area contributed by atoms with E-state index >= 15 is 0 Å². The predicted molar refractivity (Wildman–Crippen MR) is 95.2 cm³/mol. The molecule has 0 fully saturated rings. The molecule has 0 bridgehead atoms. The maximum atomic E-state index is 11.9. The molecule has 2 aliphatic carbocycles. The number of hydrogen-bond acceptors (Lipinski definition) is 5. The third-order valence-corrected chi connectivity index (χ3v) is 5.80. The molecule has 3 rings (SSSR count). The standard InChI is InChI=1S/C19H22O4S/c1-12(20)19(22-2,23-3)14-5-7-18-17(10-14)16-11-15(21)6-4-13(16)8-9-24-18/h4-9,12,14,20H,10-11H2,1-3H3. The minimum Gasteiger partial charge on any atom is -0.388 e. The van der Waals surface area contributed by atoms with Crippen LogP contribution in [0.5, 0.6) is 0 Å². The van der Waals surface area contributed by atoms with Crippen molar-refractivity contribution in [3.05, 3.63) is 57.4 Å². The Balaban J connectivity index is 2.00. The lowest BCUT2D eigenvalue weighted by Gasteiger charge is -2.41. The number of aliphatic hydroxyl groups is 1. The third kappa shape index (κ3) is 2.86. The Bertz CT molecular complexity index is 690. The minimum atomic E-state index is -1.10. The lowest BCUT2D eigenvalue weighted by atomic mass is 9.79. The molecule has 0 aromatic heterocycles. The highest BCUT2D eigenvalue weighted by Crippen LogP contribution is 2.45. The van der Waals surface area contributed by atoms with Crippen LogP contribution in [0.3, 0.4) is 0 Å². The van der Waals surface area contributed by atoms with Crippen molar-refractivity contribution in [1.82, 2.24) is 0 Å². The van der Waals surface area contributed by atoms with Gasteiger partial charge in [0.15, 0.2) is 11.6 Å². The molecule has 128 valence electrons. The van der Waals surface area contributed by atoms with Crippen LogP contribution in [0, 0.1) is 5.92 Å². The molecule has 0 aromatic carbocycles. The van der Waals surface area contributed by atoms with Gasteiger partial charge in [0, 0.05) is 31.5 Å². The number of ether oxygens (including phenoxy) is 2. The van der Waals surface area contributed by atoms with Gasteiger partial charge in [-0.2, -0.15) is 0 Å². The Morgan fingerprint density at radius 3 is 2.62 bits per heavy atom. The fourth-order valence-electron chi connectivity index (χ4n) is 3.62. The van der Waals surface area contributed by atoms with Gasteiger partial charge in [-0.3, -0.25) is 4.79 Å². The van der Waals surface area contributed by atoms with Crippen molar-refractivity contribution in [3.8, 4) is 0 Å². The Morgan fingerprint density at radius 2 is 1.96 bits per heavy atom. The quantitative estimate of drug-likeness (QED) is 0.792. The average Bonchev–Trinajstić information content (AvgIpc) is 2.75. The van der Waals surface area contributed by atoms with Crippen LogP contribution in [0.4, 0.5) is 0 Å². The smallest absolute Gasteiger partial charge is 0.200 e. The van der Waals surface area contributed by atoms with Gasteiger partial charge in [-0.1, -0.05) is 30.0 Å². The molecule has 5 heteroatoms. The fraction of sp³-hybridized carbons (Fsp3) is 0.421. The topological polar surface area (TPSA) is 55.8 Å². The monoisotopic (exact) mass is 346 g/mol. The number of fused-ring (bicyclic) bond motifs is 1. The van der Waals surface area contributed by atoms with Gasteiger partial charge in [0.25, 0.3) is 0 Å². The number of thioether (sulfide) groups is 1. The number of methoxy groups -OCH3 is 2. The summed E-state index contributed by atoms with van der Waals surface area (Å²) < 4.78 is 11.2. The molecular weight excluding hydrogens is 324 g/mol. The first-order valence-electron chi connectivity index (χ1n) is 7.99. The Hall–Kier alpha value is -1.40. The largest absolute Gasteiger partial charge is 0.388 e. The van der Waals surface area contributed by atoms with Crippen molar-refractivity contribution < 1.29 is 19.4 Å². The van der Waals surface area contributed by atoms with Crippen molar-refractivity contribution in [3.63, 3.8) is 0 Å². The van der Waals surface area contributed by atoms with Crippen molar-refractivity contribution in [2.75, 3.05) is 14.2 Å². The van der Waals surface area contributed by atoms with Crippen LogP contribution in [0.15, 0.2) is 57.4 Å². The number of carbonyl (C=O) groups excluding carboxylic acids is 1. The lowest BCUT2D eigenvalue weighted by molar-refractivity contribution is -0.275.